The highest BCUT2D eigenvalue weighted by atomic mass is 32.1. The van der Waals surface area contributed by atoms with Crippen LogP contribution < -0.4 is 10.2 Å². The first-order chi connectivity index (χ1) is 10.1. The summed E-state index contributed by atoms with van der Waals surface area (Å²) in [4.78, 5) is 7.63. The first kappa shape index (κ1) is 15.9. The van der Waals surface area contributed by atoms with Crippen molar-refractivity contribution in [2.24, 2.45) is 5.92 Å². The molecular formula is C15H23N5S. The third-order valence-electron chi connectivity index (χ3n) is 3.18. The van der Waals surface area contributed by atoms with E-state index in [2.05, 4.69) is 39.2 Å². The minimum Gasteiger partial charge on any atom is -0.353 e. The van der Waals surface area contributed by atoms with E-state index in [1.54, 1.807) is 11.3 Å². The maximum absolute atomic E-state index is 4.31. The van der Waals surface area contributed by atoms with E-state index >= 15 is 0 Å². The topological polar surface area (TPSA) is 53.9 Å². The van der Waals surface area contributed by atoms with Crippen LogP contribution in [-0.2, 0) is 13.1 Å². The Morgan fingerprint density at radius 3 is 2.67 bits per heavy atom. The smallest absolute Gasteiger partial charge is 0.151 e. The summed E-state index contributed by atoms with van der Waals surface area (Å²) in [7, 11) is 2.03. The van der Waals surface area contributed by atoms with Crippen molar-refractivity contribution < 1.29 is 0 Å². The first-order valence-corrected chi connectivity index (χ1v) is 8.07. The quantitative estimate of drug-likeness (QED) is 0.852. The summed E-state index contributed by atoms with van der Waals surface area (Å²) in [6.07, 6.45) is 0. The lowest BCUT2D eigenvalue weighted by Crippen LogP contribution is -2.21. The second-order valence-corrected chi connectivity index (χ2v) is 6.56. The highest BCUT2D eigenvalue weighted by Crippen LogP contribution is 2.17. The van der Waals surface area contributed by atoms with E-state index in [1.807, 2.05) is 31.6 Å². The summed E-state index contributed by atoms with van der Waals surface area (Å²) in [6.45, 7) is 9.00. The lowest BCUT2D eigenvalue weighted by molar-refractivity contribution is 0.546. The van der Waals surface area contributed by atoms with Gasteiger partial charge in [-0.3, -0.25) is 0 Å². The molecule has 1 N–H and O–H groups in total. The zero-order chi connectivity index (χ0) is 15.2. The van der Waals surface area contributed by atoms with Crippen molar-refractivity contribution in [1.82, 2.24) is 20.5 Å². The summed E-state index contributed by atoms with van der Waals surface area (Å²) in [5, 5.41) is 12.0. The number of hydrogen-bond donors (Lipinski definition) is 1. The normalized spacial score (nSPS) is 11.1. The Morgan fingerprint density at radius 2 is 2.10 bits per heavy atom. The summed E-state index contributed by atoms with van der Waals surface area (Å²) < 4.78 is 0. The van der Waals surface area contributed by atoms with Gasteiger partial charge in [-0.1, -0.05) is 13.8 Å². The predicted octanol–water partition coefficient (Wildman–Crippen LogP) is 2.62. The number of anilines is 1. The maximum atomic E-state index is 4.31. The van der Waals surface area contributed by atoms with Gasteiger partial charge < -0.3 is 10.2 Å². The Morgan fingerprint density at radius 1 is 1.29 bits per heavy atom. The van der Waals surface area contributed by atoms with E-state index in [0.29, 0.717) is 5.92 Å². The SMILES string of the molecule is Cc1ncsc1CN(C)c1ccc(CNCC(C)C)nn1. The van der Waals surface area contributed by atoms with Gasteiger partial charge in [0.2, 0.25) is 0 Å². The molecular weight excluding hydrogens is 282 g/mol. The first-order valence-electron chi connectivity index (χ1n) is 7.19. The lowest BCUT2D eigenvalue weighted by Gasteiger charge is -2.17. The molecule has 2 aromatic heterocycles. The Hall–Kier alpha value is -1.53. The Balaban J connectivity index is 1.90. The van der Waals surface area contributed by atoms with Gasteiger partial charge in [0.25, 0.3) is 0 Å². The molecule has 2 heterocycles. The zero-order valence-corrected chi connectivity index (χ0v) is 13.9. The van der Waals surface area contributed by atoms with Crippen molar-refractivity contribution in [2.45, 2.75) is 33.9 Å². The van der Waals surface area contributed by atoms with E-state index in [4.69, 9.17) is 0 Å². The van der Waals surface area contributed by atoms with E-state index < -0.39 is 0 Å². The highest BCUT2D eigenvalue weighted by Gasteiger charge is 2.08. The van der Waals surface area contributed by atoms with E-state index in [-0.39, 0.29) is 0 Å². The Labute approximate surface area is 130 Å². The van der Waals surface area contributed by atoms with Gasteiger partial charge in [0.15, 0.2) is 5.82 Å². The molecule has 0 aliphatic rings. The van der Waals surface area contributed by atoms with Crippen molar-refractivity contribution in [1.29, 1.82) is 0 Å². The van der Waals surface area contributed by atoms with Crippen molar-refractivity contribution >= 4 is 17.2 Å². The molecule has 0 radical (unpaired) electrons. The molecule has 0 amide bonds. The second kappa shape index (κ2) is 7.47. The molecule has 0 aliphatic carbocycles. The van der Waals surface area contributed by atoms with Crippen LogP contribution in [0.15, 0.2) is 17.6 Å². The van der Waals surface area contributed by atoms with Crippen LogP contribution in [0.5, 0.6) is 0 Å². The van der Waals surface area contributed by atoms with Gasteiger partial charge in [-0.15, -0.1) is 16.4 Å². The van der Waals surface area contributed by atoms with Gasteiger partial charge in [-0.2, -0.15) is 5.10 Å². The number of rotatable bonds is 7. The fraction of sp³-hybridized carbons (Fsp3) is 0.533. The molecule has 0 atom stereocenters. The summed E-state index contributed by atoms with van der Waals surface area (Å²) in [6, 6.07) is 4.06. The van der Waals surface area contributed by atoms with E-state index in [1.165, 1.54) is 4.88 Å². The highest BCUT2D eigenvalue weighted by molar-refractivity contribution is 7.09. The van der Waals surface area contributed by atoms with Gasteiger partial charge in [0.1, 0.15) is 0 Å². The van der Waals surface area contributed by atoms with Crippen molar-refractivity contribution in [3.8, 4) is 0 Å². The van der Waals surface area contributed by atoms with Crippen LogP contribution in [-0.4, -0.2) is 28.8 Å². The number of nitrogens with zero attached hydrogens (tertiary/aromatic N) is 4. The number of aromatic nitrogens is 3. The summed E-state index contributed by atoms with van der Waals surface area (Å²) in [5.41, 5.74) is 3.95. The van der Waals surface area contributed by atoms with Crippen molar-refractivity contribution in [3.63, 3.8) is 0 Å². The van der Waals surface area contributed by atoms with Crippen molar-refractivity contribution in [2.75, 3.05) is 18.5 Å². The van der Waals surface area contributed by atoms with Crippen LogP contribution >= 0.6 is 11.3 Å². The fourth-order valence-corrected chi connectivity index (χ4v) is 2.74. The second-order valence-electron chi connectivity index (χ2n) is 5.62. The molecule has 0 aromatic carbocycles. The number of thiazole rings is 1. The van der Waals surface area contributed by atoms with Gasteiger partial charge in [0, 0.05) is 18.5 Å². The van der Waals surface area contributed by atoms with Gasteiger partial charge in [-0.05, 0) is 31.5 Å². The third kappa shape index (κ3) is 4.75. The molecule has 0 bridgehead atoms. The maximum Gasteiger partial charge on any atom is 0.151 e. The predicted molar refractivity (Wildman–Crippen MR) is 87.5 cm³/mol. The molecule has 21 heavy (non-hydrogen) atoms. The van der Waals surface area contributed by atoms with Gasteiger partial charge in [0.05, 0.1) is 23.4 Å². The van der Waals surface area contributed by atoms with Crippen LogP contribution in [0, 0.1) is 12.8 Å². The van der Waals surface area contributed by atoms with Gasteiger partial charge >= 0.3 is 0 Å². The minimum absolute atomic E-state index is 0.644. The average molecular weight is 305 g/mol. The standard InChI is InChI=1S/C15H23N5S/c1-11(2)7-16-8-13-5-6-15(19-18-13)20(4)9-14-12(3)17-10-21-14/h5-6,10-11,16H,7-9H2,1-4H3. The summed E-state index contributed by atoms with van der Waals surface area (Å²) >= 11 is 1.68. The average Bonchev–Trinajstić information content (AvgIpc) is 2.84. The lowest BCUT2D eigenvalue weighted by atomic mass is 10.2. The molecule has 6 heteroatoms. The third-order valence-corrected chi connectivity index (χ3v) is 4.10. The number of aryl methyl sites for hydroxylation is 1. The van der Waals surface area contributed by atoms with Crippen molar-refractivity contribution in [3.05, 3.63) is 33.9 Å². The zero-order valence-electron chi connectivity index (χ0n) is 13.1. The number of nitrogens with one attached hydrogen (secondary N) is 1. The van der Waals surface area contributed by atoms with Crippen LogP contribution in [0.4, 0.5) is 5.82 Å². The van der Waals surface area contributed by atoms with Gasteiger partial charge in [-0.25, -0.2) is 4.98 Å². The van der Waals surface area contributed by atoms with E-state index in [0.717, 1.165) is 36.8 Å². The molecule has 0 spiro atoms. The molecule has 0 saturated heterocycles. The minimum atomic E-state index is 0.644. The van der Waals surface area contributed by atoms with Crippen LogP contribution in [0.1, 0.15) is 30.1 Å². The molecule has 0 fully saturated rings. The molecule has 2 aromatic rings. The van der Waals surface area contributed by atoms with Crippen LogP contribution in [0.2, 0.25) is 0 Å². The molecule has 0 aliphatic heterocycles. The fourth-order valence-electron chi connectivity index (χ4n) is 1.91. The molecule has 5 nitrogen and oxygen atoms in total. The molecule has 0 saturated carbocycles. The van der Waals surface area contributed by atoms with Crippen LogP contribution in [0.3, 0.4) is 0 Å². The monoisotopic (exact) mass is 305 g/mol. The van der Waals surface area contributed by atoms with Crippen LogP contribution in [0.25, 0.3) is 0 Å². The number of hydrogen-bond acceptors (Lipinski definition) is 6. The largest absolute Gasteiger partial charge is 0.353 e. The molecule has 114 valence electrons. The van der Waals surface area contributed by atoms with E-state index in [9.17, 15) is 0 Å². The molecule has 2 rings (SSSR count). The summed E-state index contributed by atoms with van der Waals surface area (Å²) in [5.74, 6) is 1.53. The Bertz CT molecular complexity index is 549. The molecule has 0 unspecified atom stereocenters. The Kier molecular flexibility index (Phi) is 5.64.